The third-order valence-corrected chi connectivity index (χ3v) is 14.6. The Labute approximate surface area is 378 Å². The Morgan fingerprint density at radius 2 is 1.00 bits per heavy atom. The third kappa shape index (κ3) is 8.01. The van der Waals surface area contributed by atoms with Crippen LogP contribution in [0.25, 0.3) is 50.9 Å². The van der Waals surface area contributed by atoms with Gasteiger partial charge in [0.1, 0.15) is 27.8 Å². The first-order valence-electron chi connectivity index (χ1n) is 20.9. The molecule has 0 amide bonds. The molecule has 3 atom stereocenters. The van der Waals surface area contributed by atoms with Crippen LogP contribution in [0, 0.1) is 0 Å². The van der Waals surface area contributed by atoms with E-state index in [9.17, 15) is 0 Å². The fraction of sp³-hybridized carbons (Fsp3) is 0.176. The van der Waals surface area contributed by atoms with Crippen LogP contribution in [-0.4, -0.2) is 45.5 Å². The van der Waals surface area contributed by atoms with Gasteiger partial charge in [0.15, 0.2) is 0 Å². The summed E-state index contributed by atoms with van der Waals surface area (Å²) in [4.78, 5) is 14.0. The van der Waals surface area contributed by atoms with Crippen LogP contribution < -0.4 is 0 Å². The lowest BCUT2D eigenvalue weighted by atomic mass is 9.74. The predicted octanol–water partition coefficient (Wildman–Crippen LogP) is 12.2. The van der Waals surface area contributed by atoms with E-state index in [2.05, 4.69) is 194 Å². The van der Waals surface area contributed by atoms with Crippen LogP contribution >= 0.6 is 34.0 Å². The van der Waals surface area contributed by atoms with Crippen LogP contribution in [0.4, 0.5) is 0 Å². The van der Waals surface area contributed by atoms with Crippen LogP contribution in [0.1, 0.15) is 71.2 Å². The monoisotopic (exact) mass is 879 g/mol. The zero-order valence-corrected chi connectivity index (χ0v) is 37.6. The number of H-pyrrole nitrogens is 3. The molecule has 63 heavy (non-hydrogen) atoms. The summed E-state index contributed by atoms with van der Waals surface area (Å²) in [6, 6.07) is 31.9. The van der Waals surface area contributed by atoms with E-state index < -0.39 is 0 Å². The van der Waals surface area contributed by atoms with Crippen LogP contribution in [0.5, 0.6) is 0 Å². The molecule has 9 aromatic rings. The van der Waals surface area contributed by atoms with Gasteiger partial charge in [0.25, 0.3) is 0 Å². The second-order valence-electron chi connectivity index (χ2n) is 16.9. The highest BCUT2D eigenvalue weighted by molar-refractivity contribution is 7.13. The Balaban J connectivity index is 0.000000112. The molecule has 12 rings (SSSR count). The fourth-order valence-corrected chi connectivity index (χ4v) is 10.6. The number of nitrogens with one attached hydrogen (secondary N) is 3. The fourth-order valence-electron chi connectivity index (χ4n) is 8.78. The van der Waals surface area contributed by atoms with Crippen molar-refractivity contribution in [3.8, 4) is 32.7 Å². The maximum atomic E-state index is 4.49. The topological polar surface area (TPSA) is 125 Å². The predicted molar refractivity (Wildman–Crippen MR) is 259 cm³/mol. The Hall–Kier alpha value is -6.60. The van der Waals surface area contributed by atoms with Crippen molar-refractivity contribution in [2.45, 2.75) is 56.3 Å². The zero-order chi connectivity index (χ0) is 42.9. The van der Waals surface area contributed by atoms with Crippen molar-refractivity contribution in [1.82, 2.24) is 45.5 Å². The van der Waals surface area contributed by atoms with Crippen molar-refractivity contribution >= 4 is 52.2 Å². The molecule has 3 aromatic carbocycles. The quantitative estimate of drug-likeness (QED) is 0.153. The Morgan fingerprint density at radius 1 is 0.524 bits per heavy atom. The van der Waals surface area contributed by atoms with Gasteiger partial charge < -0.3 is 0 Å². The minimum Gasteiger partial charge on any atom is -0.281 e. The van der Waals surface area contributed by atoms with Crippen LogP contribution in [-0.2, 0) is 35.5 Å². The number of allylic oxidation sites excluding steroid dienone is 3. The Kier molecular flexibility index (Phi) is 10.9. The van der Waals surface area contributed by atoms with Crippen molar-refractivity contribution < 1.29 is 0 Å². The van der Waals surface area contributed by atoms with Gasteiger partial charge in [-0.15, -0.1) is 34.0 Å². The summed E-state index contributed by atoms with van der Waals surface area (Å²) >= 11 is 4.84. The van der Waals surface area contributed by atoms with E-state index in [1.807, 2.05) is 34.2 Å². The maximum absolute atomic E-state index is 4.49. The van der Waals surface area contributed by atoms with Gasteiger partial charge in [-0.1, -0.05) is 148 Å². The lowest BCUT2D eigenvalue weighted by molar-refractivity contribution is 0.577. The summed E-state index contributed by atoms with van der Waals surface area (Å²) in [6.45, 7) is 6.81. The summed E-state index contributed by atoms with van der Waals surface area (Å²) in [5, 5.41) is 28.0. The molecule has 0 saturated carbocycles. The van der Waals surface area contributed by atoms with Crippen molar-refractivity contribution in [3.05, 3.63) is 194 Å². The number of aromatic nitrogens is 9. The van der Waals surface area contributed by atoms with E-state index in [4.69, 9.17) is 0 Å². The van der Waals surface area contributed by atoms with Crippen LogP contribution in [0.15, 0.2) is 143 Å². The van der Waals surface area contributed by atoms with E-state index >= 15 is 0 Å². The van der Waals surface area contributed by atoms with Gasteiger partial charge in [-0.05, 0) is 16.7 Å². The minimum absolute atomic E-state index is 0.0140. The molecular weight excluding hydrogens is 835 g/mol. The average molecular weight is 880 g/mol. The Bertz CT molecular complexity index is 2690. The molecule has 0 saturated heterocycles. The summed E-state index contributed by atoms with van der Waals surface area (Å²) in [5.74, 6) is 0. The van der Waals surface area contributed by atoms with Gasteiger partial charge in [-0.25, -0.2) is 9.97 Å². The normalized spacial score (nSPS) is 20.4. The molecule has 312 valence electrons. The molecule has 6 aromatic heterocycles. The summed E-state index contributed by atoms with van der Waals surface area (Å²) < 4.78 is 0. The average Bonchev–Trinajstić information content (AvgIpc) is 4.18. The number of benzene rings is 3. The lowest BCUT2D eigenvalue weighted by Gasteiger charge is -2.29. The van der Waals surface area contributed by atoms with E-state index in [1.54, 1.807) is 34.0 Å². The van der Waals surface area contributed by atoms with Crippen LogP contribution in [0.2, 0.25) is 0 Å². The molecule has 0 bridgehead atoms. The molecule has 3 unspecified atom stereocenters. The van der Waals surface area contributed by atoms with Crippen molar-refractivity contribution in [2.24, 2.45) is 0 Å². The van der Waals surface area contributed by atoms with E-state index in [1.165, 1.54) is 50.5 Å². The highest BCUT2D eigenvalue weighted by Gasteiger charge is 2.33. The van der Waals surface area contributed by atoms with Crippen molar-refractivity contribution in [1.29, 1.82) is 0 Å². The molecule has 9 nitrogen and oxygen atoms in total. The third-order valence-electron chi connectivity index (χ3n) is 12.4. The first kappa shape index (κ1) is 40.5. The molecule has 0 spiro atoms. The number of aromatic amines is 3. The minimum atomic E-state index is 0.0140. The molecule has 0 fully saturated rings. The standard InChI is InChI=1S/3C17H15N3S/c1-17(12-5-3-2-4-6-12)8-7-13-14(9-17)19-20-16(13)15-10-21-11-18-15;1-17(12-5-3-2-4-6-12)8-7-13-14(9-17)19-20-16(13)15-10-18-11-21-15;1-17(12-5-3-2-4-6-12)8-7-13-14(11-17)19-20-15(13)16-18-9-10-21-16/h2*2-8,10-11H,9H2,1H3,(H,19,20);2-10H,11H2,1H3,(H,19,20). The zero-order valence-electron chi connectivity index (χ0n) is 35.1. The number of rotatable bonds is 6. The van der Waals surface area contributed by atoms with Gasteiger partial charge >= 0.3 is 0 Å². The highest BCUT2D eigenvalue weighted by atomic mass is 32.1. The first-order chi connectivity index (χ1) is 30.8. The van der Waals surface area contributed by atoms with E-state index in [0.717, 1.165) is 51.9 Å². The molecule has 0 radical (unpaired) electrons. The smallest absolute Gasteiger partial charge is 0.144 e. The highest BCUT2D eigenvalue weighted by Crippen LogP contribution is 2.41. The van der Waals surface area contributed by atoms with Crippen LogP contribution in [0.3, 0.4) is 0 Å². The number of hydrogen-bond donors (Lipinski definition) is 3. The van der Waals surface area contributed by atoms with Gasteiger partial charge in [0, 0.05) is 92.4 Å². The SMILES string of the molecule is CC1(c2ccccc2)C=Cc2c(-c3cncs3)n[nH]c2C1.CC1(c2ccccc2)C=Cc2c(-c3cscn3)n[nH]c2C1.CC1(c2ccccc2)C=Cc2c(-c3nccs3)n[nH]c2C1. The van der Waals surface area contributed by atoms with Gasteiger partial charge in [-0.3, -0.25) is 20.3 Å². The lowest BCUT2D eigenvalue weighted by Crippen LogP contribution is -2.25. The number of nitrogens with zero attached hydrogens (tertiary/aromatic N) is 6. The summed E-state index contributed by atoms with van der Waals surface area (Å²) in [5.41, 5.74) is 18.7. The van der Waals surface area contributed by atoms with Crippen molar-refractivity contribution in [3.63, 3.8) is 0 Å². The molecule has 3 N–H and O–H groups in total. The largest absolute Gasteiger partial charge is 0.281 e. The maximum Gasteiger partial charge on any atom is 0.144 e. The van der Waals surface area contributed by atoms with Gasteiger partial charge in [0.2, 0.25) is 0 Å². The Morgan fingerprint density at radius 3 is 1.44 bits per heavy atom. The molecule has 0 aliphatic heterocycles. The molecule has 3 aliphatic carbocycles. The second kappa shape index (κ2) is 16.9. The molecule has 12 heteroatoms. The number of fused-ring (bicyclic) bond motifs is 3. The van der Waals surface area contributed by atoms with Crippen molar-refractivity contribution in [2.75, 3.05) is 0 Å². The van der Waals surface area contributed by atoms with E-state index in [0.29, 0.717) is 0 Å². The number of thiazole rings is 3. The molecule has 6 heterocycles. The summed E-state index contributed by atoms with van der Waals surface area (Å²) in [6.07, 6.45) is 19.9. The molecular formula is C51H45N9S3. The van der Waals surface area contributed by atoms with E-state index in [-0.39, 0.29) is 16.2 Å². The summed E-state index contributed by atoms with van der Waals surface area (Å²) in [7, 11) is 0. The van der Waals surface area contributed by atoms with Gasteiger partial charge in [0.05, 0.1) is 15.9 Å². The first-order valence-corrected chi connectivity index (χ1v) is 23.6. The van der Waals surface area contributed by atoms with Gasteiger partial charge in [-0.2, -0.15) is 15.3 Å². The molecule has 3 aliphatic rings. The number of hydrogen-bond acceptors (Lipinski definition) is 9. The second-order valence-corrected chi connectivity index (χ2v) is 19.4.